The lowest BCUT2D eigenvalue weighted by molar-refractivity contribution is 0.350. The number of azo groups is 1. The van der Waals surface area contributed by atoms with Gasteiger partial charge in [-0.3, -0.25) is 0 Å². The molecule has 4 rings (SSSR count). The third-order valence-corrected chi connectivity index (χ3v) is 4.48. The number of aromatic hydroxyl groups is 1. The molecule has 2 atom stereocenters. The molecule has 1 aliphatic heterocycles. The first-order valence-corrected chi connectivity index (χ1v) is 8.00. The van der Waals surface area contributed by atoms with E-state index in [2.05, 4.69) is 10.2 Å². The van der Waals surface area contributed by atoms with Crippen LogP contribution in [0.3, 0.4) is 0 Å². The van der Waals surface area contributed by atoms with E-state index in [1.54, 1.807) is 50.6 Å². The van der Waals surface area contributed by atoms with Gasteiger partial charge in [0.15, 0.2) is 11.5 Å². The zero-order chi connectivity index (χ0) is 18.3. The molecule has 132 valence electrons. The lowest BCUT2D eigenvalue weighted by Gasteiger charge is -2.27. The number of hydrogen-bond donors (Lipinski definition) is 1. The van der Waals surface area contributed by atoms with Crippen molar-refractivity contribution in [1.82, 2.24) is 0 Å². The zero-order valence-electron chi connectivity index (χ0n) is 14.2. The monoisotopic (exact) mass is 352 g/mol. The van der Waals surface area contributed by atoms with Crippen molar-refractivity contribution in [2.24, 2.45) is 10.2 Å². The highest BCUT2D eigenvalue weighted by Gasteiger charge is 2.37. The maximum Gasteiger partial charge on any atom is 0.345 e. The number of nitrogens with zero attached hydrogens (tertiary/aromatic N) is 2. The molecule has 1 aliphatic rings. The Labute approximate surface area is 148 Å². The molecule has 2 heterocycles. The van der Waals surface area contributed by atoms with E-state index in [-0.39, 0.29) is 11.3 Å². The molecule has 0 saturated heterocycles. The van der Waals surface area contributed by atoms with Crippen molar-refractivity contribution >= 4 is 11.0 Å². The minimum absolute atomic E-state index is 0.110. The third kappa shape index (κ3) is 2.40. The molecule has 0 saturated carbocycles. The van der Waals surface area contributed by atoms with Gasteiger partial charge in [-0.05, 0) is 29.8 Å². The van der Waals surface area contributed by atoms with Gasteiger partial charge in [0.25, 0.3) is 0 Å². The number of benzene rings is 2. The van der Waals surface area contributed by atoms with Crippen LogP contribution in [-0.4, -0.2) is 19.3 Å². The van der Waals surface area contributed by atoms with Gasteiger partial charge in [0.2, 0.25) is 0 Å². The van der Waals surface area contributed by atoms with Gasteiger partial charge in [-0.1, -0.05) is 18.2 Å². The Morgan fingerprint density at radius 1 is 1.00 bits per heavy atom. The van der Waals surface area contributed by atoms with E-state index in [1.807, 2.05) is 6.07 Å². The minimum Gasteiger partial charge on any atom is -0.507 e. The van der Waals surface area contributed by atoms with Crippen LogP contribution in [0.5, 0.6) is 17.2 Å². The molecular weight excluding hydrogens is 336 g/mol. The average Bonchev–Trinajstić information content (AvgIpc) is 2.64. The van der Waals surface area contributed by atoms with E-state index in [0.717, 1.165) is 5.56 Å². The van der Waals surface area contributed by atoms with E-state index in [0.29, 0.717) is 22.5 Å². The van der Waals surface area contributed by atoms with Crippen LogP contribution in [0.2, 0.25) is 0 Å². The smallest absolute Gasteiger partial charge is 0.345 e. The van der Waals surface area contributed by atoms with Crippen LogP contribution in [0.4, 0.5) is 0 Å². The SMILES string of the molecule is COc1ccc(C2N=NC2c2c(O)c3ccccc3oc2=O)cc1OC. The van der Waals surface area contributed by atoms with Gasteiger partial charge in [0.05, 0.1) is 19.6 Å². The predicted molar refractivity (Wildman–Crippen MR) is 94.0 cm³/mol. The van der Waals surface area contributed by atoms with Gasteiger partial charge < -0.3 is 19.0 Å². The summed E-state index contributed by atoms with van der Waals surface area (Å²) in [4.78, 5) is 12.4. The Kier molecular flexibility index (Phi) is 3.84. The van der Waals surface area contributed by atoms with E-state index < -0.39 is 17.7 Å². The molecule has 0 bridgehead atoms. The van der Waals surface area contributed by atoms with Crippen molar-refractivity contribution in [3.05, 3.63) is 64.0 Å². The van der Waals surface area contributed by atoms with Crippen LogP contribution < -0.4 is 15.1 Å². The molecule has 7 nitrogen and oxygen atoms in total. The van der Waals surface area contributed by atoms with Crippen LogP contribution in [0.25, 0.3) is 11.0 Å². The first-order chi connectivity index (χ1) is 12.6. The Morgan fingerprint density at radius 2 is 1.73 bits per heavy atom. The van der Waals surface area contributed by atoms with E-state index in [1.165, 1.54) is 0 Å². The molecule has 0 radical (unpaired) electrons. The Bertz CT molecular complexity index is 1070. The highest BCUT2D eigenvalue weighted by atomic mass is 16.5. The highest BCUT2D eigenvalue weighted by molar-refractivity contribution is 5.84. The molecule has 26 heavy (non-hydrogen) atoms. The van der Waals surface area contributed by atoms with Crippen molar-refractivity contribution < 1.29 is 19.0 Å². The Balaban J connectivity index is 1.78. The molecule has 0 spiro atoms. The largest absolute Gasteiger partial charge is 0.507 e. The molecule has 0 amide bonds. The summed E-state index contributed by atoms with van der Waals surface area (Å²) in [5.74, 6) is 1.03. The predicted octanol–water partition coefficient (Wildman–Crippen LogP) is 3.76. The van der Waals surface area contributed by atoms with Gasteiger partial charge in [-0.2, -0.15) is 10.2 Å². The third-order valence-electron chi connectivity index (χ3n) is 4.48. The van der Waals surface area contributed by atoms with Crippen LogP contribution in [0, 0.1) is 0 Å². The zero-order valence-corrected chi connectivity index (χ0v) is 14.2. The van der Waals surface area contributed by atoms with Crippen LogP contribution in [0.1, 0.15) is 23.2 Å². The second kappa shape index (κ2) is 6.18. The second-order valence-electron chi connectivity index (χ2n) is 5.88. The standard InChI is InChI=1S/C19H16N2O5/c1-24-13-8-7-10(9-14(13)25-2)16-17(21-20-16)15-18(22)11-5-3-4-6-12(11)26-19(15)23/h3-9,16-17,22H,1-2H3. The lowest BCUT2D eigenvalue weighted by Crippen LogP contribution is -2.21. The number of rotatable bonds is 4. The fourth-order valence-corrected chi connectivity index (χ4v) is 3.11. The van der Waals surface area contributed by atoms with E-state index >= 15 is 0 Å². The number of hydrogen-bond acceptors (Lipinski definition) is 7. The summed E-state index contributed by atoms with van der Waals surface area (Å²) in [6, 6.07) is 11.2. The van der Waals surface area contributed by atoms with Gasteiger partial charge in [-0.15, -0.1) is 0 Å². The molecule has 2 aromatic carbocycles. The maximum absolute atomic E-state index is 12.4. The summed E-state index contributed by atoms with van der Waals surface area (Å²) in [7, 11) is 3.10. The van der Waals surface area contributed by atoms with Gasteiger partial charge in [0.1, 0.15) is 29.0 Å². The number of methoxy groups -OCH3 is 2. The van der Waals surface area contributed by atoms with Crippen molar-refractivity contribution in [2.45, 2.75) is 12.1 Å². The topological polar surface area (TPSA) is 93.6 Å². The number of para-hydroxylation sites is 1. The minimum atomic E-state index is -0.617. The normalized spacial score (nSPS) is 18.5. The maximum atomic E-state index is 12.4. The molecule has 0 aliphatic carbocycles. The Morgan fingerprint density at radius 3 is 2.42 bits per heavy atom. The molecular formula is C19H16N2O5. The summed E-state index contributed by atoms with van der Waals surface area (Å²) < 4.78 is 15.9. The molecule has 1 N–H and O–H groups in total. The number of ether oxygens (including phenoxy) is 2. The van der Waals surface area contributed by atoms with Crippen LogP contribution >= 0.6 is 0 Å². The van der Waals surface area contributed by atoms with Crippen molar-refractivity contribution in [3.8, 4) is 17.2 Å². The fourth-order valence-electron chi connectivity index (χ4n) is 3.11. The van der Waals surface area contributed by atoms with Crippen molar-refractivity contribution in [1.29, 1.82) is 0 Å². The number of fused-ring (bicyclic) bond motifs is 1. The van der Waals surface area contributed by atoms with Crippen molar-refractivity contribution in [3.63, 3.8) is 0 Å². The molecule has 3 aromatic rings. The Hall–Kier alpha value is -3.35. The van der Waals surface area contributed by atoms with Gasteiger partial charge in [0, 0.05) is 0 Å². The van der Waals surface area contributed by atoms with E-state index in [4.69, 9.17) is 13.9 Å². The highest BCUT2D eigenvalue weighted by Crippen LogP contribution is 2.47. The van der Waals surface area contributed by atoms with E-state index in [9.17, 15) is 9.90 Å². The summed E-state index contributed by atoms with van der Waals surface area (Å²) in [5, 5.41) is 19.3. The molecule has 1 aromatic heterocycles. The lowest BCUT2D eigenvalue weighted by atomic mass is 9.92. The van der Waals surface area contributed by atoms with Crippen molar-refractivity contribution in [2.75, 3.05) is 14.2 Å². The van der Waals surface area contributed by atoms with Gasteiger partial charge >= 0.3 is 5.63 Å². The van der Waals surface area contributed by atoms with Crippen LogP contribution in [-0.2, 0) is 0 Å². The molecule has 2 unspecified atom stereocenters. The van der Waals surface area contributed by atoms with Crippen LogP contribution in [0.15, 0.2) is 61.9 Å². The first kappa shape index (κ1) is 16.1. The van der Waals surface area contributed by atoms with Gasteiger partial charge in [-0.25, -0.2) is 4.79 Å². The summed E-state index contributed by atoms with van der Waals surface area (Å²) in [5.41, 5.74) is 0.626. The quantitative estimate of drug-likeness (QED) is 0.722. The average molecular weight is 352 g/mol. The second-order valence-corrected chi connectivity index (χ2v) is 5.88. The summed E-state index contributed by atoms with van der Waals surface area (Å²) in [6.07, 6.45) is 0. The first-order valence-electron chi connectivity index (χ1n) is 8.00. The molecule has 0 fully saturated rings. The fraction of sp³-hybridized carbons (Fsp3) is 0.211. The summed E-state index contributed by atoms with van der Waals surface area (Å²) >= 11 is 0. The summed E-state index contributed by atoms with van der Waals surface area (Å²) in [6.45, 7) is 0. The molecule has 7 heteroatoms.